The van der Waals surface area contributed by atoms with Crippen LogP contribution >= 0.6 is 0 Å². The number of carbonyl (C=O) groups is 2. The number of allylic oxidation sites excluding steroid dienone is 3. The molecule has 0 fully saturated rings. The van der Waals surface area contributed by atoms with Crippen LogP contribution in [0.3, 0.4) is 0 Å². The topological polar surface area (TPSA) is 118 Å². The summed E-state index contributed by atoms with van der Waals surface area (Å²) in [5, 5.41) is 10.1. The highest BCUT2D eigenvalue weighted by Gasteiger charge is 2.11. The van der Waals surface area contributed by atoms with Crippen LogP contribution in [0.2, 0.25) is 0 Å². The van der Waals surface area contributed by atoms with Gasteiger partial charge in [0.25, 0.3) is 0 Å². The van der Waals surface area contributed by atoms with Crippen molar-refractivity contribution in [1.82, 2.24) is 10.3 Å². The van der Waals surface area contributed by atoms with Crippen molar-refractivity contribution in [3.05, 3.63) is 58.8 Å². The molecule has 0 aliphatic rings. The second-order valence-corrected chi connectivity index (χ2v) is 4.71. The highest BCUT2D eigenvalue weighted by Crippen LogP contribution is 2.18. The lowest BCUT2D eigenvalue weighted by molar-refractivity contribution is -0.106. The number of aromatic nitrogens is 1. The Morgan fingerprint density at radius 1 is 1.46 bits per heavy atom. The largest absolute Gasteiger partial charge is 0.487 e. The lowest BCUT2D eigenvalue weighted by atomic mass is 10.1. The van der Waals surface area contributed by atoms with Crippen molar-refractivity contribution in [3.63, 3.8) is 0 Å². The van der Waals surface area contributed by atoms with Gasteiger partial charge < -0.3 is 21.2 Å². The molecule has 0 saturated heterocycles. The monoisotopic (exact) mass is 328 g/mol. The summed E-state index contributed by atoms with van der Waals surface area (Å²) in [6, 6.07) is 3.52. The molecule has 0 bridgehead atoms. The van der Waals surface area contributed by atoms with Gasteiger partial charge in [-0.2, -0.15) is 0 Å². The fourth-order valence-corrected chi connectivity index (χ4v) is 1.81. The van der Waals surface area contributed by atoms with E-state index in [1.807, 2.05) is 0 Å². The predicted octanol–water partition coefficient (Wildman–Crippen LogP) is 1.32. The Morgan fingerprint density at radius 2 is 2.21 bits per heavy atom. The Balaban J connectivity index is 3.12. The molecule has 0 aromatic carbocycles. The molecule has 0 saturated carbocycles. The molecule has 1 heterocycles. The maximum absolute atomic E-state index is 11.1. The van der Waals surface area contributed by atoms with Gasteiger partial charge in [-0.05, 0) is 24.6 Å². The molecule has 126 valence electrons. The summed E-state index contributed by atoms with van der Waals surface area (Å²) in [6.45, 7) is 1.80. The number of ether oxygens (including phenoxy) is 1. The van der Waals surface area contributed by atoms with Crippen LogP contribution in [0.5, 0.6) is 0 Å². The molecule has 4 N–H and O–H groups in total. The third kappa shape index (κ3) is 4.91. The van der Waals surface area contributed by atoms with Crippen molar-refractivity contribution < 1.29 is 14.3 Å². The van der Waals surface area contributed by atoms with E-state index in [0.717, 1.165) is 12.3 Å². The maximum atomic E-state index is 11.1. The zero-order valence-corrected chi connectivity index (χ0v) is 13.6. The molecule has 7 nitrogen and oxygen atoms in total. The number of pyridine rings is 1. The summed E-state index contributed by atoms with van der Waals surface area (Å²) in [5.41, 5.74) is 8.29. The van der Waals surface area contributed by atoms with Gasteiger partial charge in [0.1, 0.15) is 18.7 Å². The van der Waals surface area contributed by atoms with Gasteiger partial charge in [-0.3, -0.25) is 14.6 Å². The maximum Gasteiger partial charge on any atom is 0.153 e. The average Bonchev–Trinajstić information content (AvgIpc) is 2.62. The van der Waals surface area contributed by atoms with Crippen molar-refractivity contribution in [3.8, 4) is 0 Å². The molecule has 0 spiro atoms. The van der Waals surface area contributed by atoms with Crippen LogP contribution in [0.25, 0.3) is 5.70 Å². The minimum atomic E-state index is 0.0900. The van der Waals surface area contributed by atoms with Gasteiger partial charge >= 0.3 is 0 Å². The highest BCUT2D eigenvalue weighted by molar-refractivity contribution is 5.87. The summed E-state index contributed by atoms with van der Waals surface area (Å²) in [5.74, 6) is 0.223. The van der Waals surface area contributed by atoms with E-state index in [1.54, 1.807) is 32.3 Å². The van der Waals surface area contributed by atoms with Crippen molar-refractivity contribution in [2.45, 2.75) is 13.5 Å². The number of rotatable bonds is 9. The highest BCUT2D eigenvalue weighted by atomic mass is 16.5. The van der Waals surface area contributed by atoms with Crippen LogP contribution < -0.4 is 11.1 Å². The molecular weight excluding hydrogens is 308 g/mol. The van der Waals surface area contributed by atoms with E-state index in [0.29, 0.717) is 35.1 Å². The van der Waals surface area contributed by atoms with Crippen LogP contribution in [-0.2, 0) is 20.9 Å². The third-order valence-corrected chi connectivity index (χ3v) is 3.11. The third-order valence-electron chi connectivity index (χ3n) is 3.11. The van der Waals surface area contributed by atoms with Gasteiger partial charge in [0.2, 0.25) is 0 Å². The normalized spacial score (nSPS) is 12.9. The number of hydrogen-bond acceptors (Lipinski definition) is 7. The van der Waals surface area contributed by atoms with Crippen LogP contribution in [0, 0.1) is 5.41 Å². The molecule has 1 aromatic heterocycles. The van der Waals surface area contributed by atoms with Gasteiger partial charge in [0.05, 0.1) is 17.0 Å². The summed E-state index contributed by atoms with van der Waals surface area (Å²) in [6.07, 6.45) is 6.39. The Labute approximate surface area is 140 Å². The van der Waals surface area contributed by atoms with Crippen LogP contribution in [0.1, 0.15) is 18.2 Å². The standard InChI is InChI=1S/C17H20N4O3/c1-12(8-18)16(19)17-14(4-3-6-21-17)11-24-15(9-20-2)13(10-23)5-7-22/h3-10,18,20H,11,19H2,1-2H3/b13-5-,15-9+,16-12-,18-8?. The summed E-state index contributed by atoms with van der Waals surface area (Å²) >= 11 is 0. The molecular formula is C17H20N4O3. The van der Waals surface area contributed by atoms with E-state index in [-0.39, 0.29) is 17.9 Å². The second kappa shape index (κ2) is 9.73. The molecule has 0 aliphatic carbocycles. The second-order valence-electron chi connectivity index (χ2n) is 4.71. The van der Waals surface area contributed by atoms with E-state index in [9.17, 15) is 9.59 Å². The van der Waals surface area contributed by atoms with E-state index in [4.69, 9.17) is 15.9 Å². The van der Waals surface area contributed by atoms with Gasteiger partial charge in [0.15, 0.2) is 6.29 Å². The quantitative estimate of drug-likeness (QED) is 0.207. The Kier molecular flexibility index (Phi) is 7.63. The molecule has 1 rings (SSSR count). The fraction of sp³-hybridized carbons (Fsp3) is 0.176. The van der Waals surface area contributed by atoms with Crippen molar-refractivity contribution in [2.24, 2.45) is 5.73 Å². The van der Waals surface area contributed by atoms with Crippen LogP contribution in [0.4, 0.5) is 0 Å². The van der Waals surface area contributed by atoms with Crippen LogP contribution in [0.15, 0.2) is 47.5 Å². The molecule has 7 heteroatoms. The van der Waals surface area contributed by atoms with Crippen molar-refractivity contribution in [2.75, 3.05) is 7.05 Å². The number of carbonyl (C=O) groups excluding carboxylic acids is 2. The lowest BCUT2D eigenvalue weighted by Crippen LogP contribution is -2.09. The molecule has 24 heavy (non-hydrogen) atoms. The van der Waals surface area contributed by atoms with E-state index in [2.05, 4.69) is 10.3 Å². The minimum absolute atomic E-state index is 0.0900. The average molecular weight is 328 g/mol. The van der Waals surface area contributed by atoms with E-state index < -0.39 is 0 Å². The Morgan fingerprint density at radius 3 is 2.79 bits per heavy atom. The SMILES string of the molecule is CN/C=C(OCc1cccnc1/C(N)=C(\C)C=N)\C(C=O)=C/C=O. The van der Waals surface area contributed by atoms with Gasteiger partial charge in [-0.25, -0.2) is 0 Å². The zero-order chi connectivity index (χ0) is 17.9. The predicted molar refractivity (Wildman–Crippen MR) is 91.9 cm³/mol. The summed E-state index contributed by atoms with van der Waals surface area (Å²) in [4.78, 5) is 25.9. The zero-order valence-electron chi connectivity index (χ0n) is 13.6. The molecule has 1 aromatic rings. The van der Waals surface area contributed by atoms with Crippen LogP contribution in [-0.4, -0.2) is 30.8 Å². The van der Waals surface area contributed by atoms with E-state index in [1.165, 1.54) is 6.20 Å². The summed E-state index contributed by atoms with van der Waals surface area (Å²) < 4.78 is 5.64. The first-order valence-corrected chi connectivity index (χ1v) is 7.11. The molecule has 0 aliphatic heterocycles. The Hall–Kier alpha value is -3.22. The number of hydrogen-bond donors (Lipinski definition) is 3. The minimum Gasteiger partial charge on any atom is -0.487 e. The molecule has 0 atom stereocenters. The number of nitrogens with two attached hydrogens (primary N) is 1. The molecule has 0 radical (unpaired) electrons. The lowest BCUT2D eigenvalue weighted by Gasteiger charge is -2.13. The van der Waals surface area contributed by atoms with Gasteiger partial charge in [-0.1, -0.05) is 6.07 Å². The first-order chi connectivity index (χ1) is 11.6. The number of nitrogens with one attached hydrogen (secondary N) is 2. The number of nitrogens with zero attached hydrogens (tertiary/aromatic N) is 1. The van der Waals surface area contributed by atoms with Gasteiger partial charge in [-0.15, -0.1) is 0 Å². The van der Waals surface area contributed by atoms with Crippen molar-refractivity contribution >= 4 is 24.5 Å². The fourth-order valence-electron chi connectivity index (χ4n) is 1.81. The molecule has 0 amide bonds. The van der Waals surface area contributed by atoms with Crippen molar-refractivity contribution in [1.29, 1.82) is 5.41 Å². The number of aldehydes is 2. The Bertz CT molecular complexity index is 706. The molecule has 0 unspecified atom stereocenters. The smallest absolute Gasteiger partial charge is 0.153 e. The first kappa shape index (κ1) is 18.8. The first-order valence-electron chi connectivity index (χ1n) is 7.11. The van der Waals surface area contributed by atoms with Gasteiger partial charge in [0, 0.05) is 31.2 Å². The summed E-state index contributed by atoms with van der Waals surface area (Å²) in [7, 11) is 1.65. The van der Waals surface area contributed by atoms with E-state index >= 15 is 0 Å².